The molecular formula is C9H11N5. The standard InChI is InChI=1S/C9H11N5/c10-1-4-14-7-8(5-13-14)9-6-11-2-3-12-9/h2-3,5-7H,1,4,10H2. The normalized spacial score (nSPS) is 10.4. The zero-order valence-corrected chi connectivity index (χ0v) is 7.67. The maximum Gasteiger partial charge on any atom is 0.0916 e. The minimum atomic E-state index is 0.585. The van der Waals surface area contributed by atoms with Crippen molar-refractivity contribution >= 4 is 0 Å². The Morgan fingerprint density at radius 3 is 2.93 bits per heavy atom. The second kappa shape index (κ2) is 3.97. The molecule has 2 N–H and O–H groups in total. The van der Waals surface area contributed by atoms with Gasteiger partial charge in [0.05, 0.1) is 24.6 Å². The molecule has 0 fully saturated rings. The fourth-order valence-electron chi connectivity index (χ4n) is 1.20. The summed E-state index contributed by atoms with van der Waals surface area (Å²) in [6.45, 7) is 1.31. The van der Waals surface area contributed by atoms with Crippen LogP contribution in [-0.2, 0) is 6.54 Å². The number of hydrogen-bond donors (Lipinski definition) is 1. The molecule has 14 heavy (non-hydrogen) atoms. The van der Waals surface area contributed by atoms with Crippen LogP contribution in [0.15, 0.2) is 31.0 Å². The van der Waals surface area contributed by atoms with Crippen molar-refractivity contribution in [3.8, 4) is 11.3 Å². The number of aromatic nitrogens is 4. The topological polar surface area (TPSA) is 69.6 Å². The molecule has 0 bridgehead atoms. The first-order valence-electron chi connectivity index (χ1n) is 4.39. The van der Waals surface area contributed by atoms with Crippen LogP contribution >= 0.6 is 0 Å². The Morgan fingerprint density at radius 2 is 2.21 bits per heavy atom. The van der Waals surface area contributed by atoms with Crippen LogP contribution in [0, 0.1) is 0 Å². The van der Waals surface area contributed by atoms with Gasteiger partial charge in [0.2, 0.25) is 0 Å². The van der Waals surface area contributed by atoms with E-state index in [1.165, 1.54) is 0 Å². The molecule has 0 amide bonds. The van der Waals surface area contributed by atoms with Gasteiger partial charge in [-0.2, -0.15) is 5.10 Å². The number of nitrogens with zero attached hydrogens (tertiary/aromatic N) is 4. The van der Waals surface area contributed by atoms with Crippen LogP contribution in [0.4, 0.5) is 0 Å². The van der Waals surface area contributed by atoms with Crippen molar-refractivity contribution in [3.05, 3.63) is 31.0 Å². The largest absolute Gasteiger partial charge is 0.329 e. The predicted molar refractivity (Wildman–Crippen MR) is 52.3 cm³/mol. The number of nitrogens with two attached hydrogens (primary N) is 1. The Labute approximate surface area is 81.6 Å². The highest BCUT2D eigenvalue weighted by molar-refractivity contribution is 5.55. The first kappa shape index (κ1) is 8.83. The third-order valence-electron chi connectivity index (χ3n) is 1.85. The highest BCUT2D eigenvalue weighted by Gasteiger charge is 2.01. The van der Waals surface area contributed by atoms with E-state index in [1.54, 1.807) is 29.5 Å². The molecule has 0 unspecified atom stereocenters. The molecule has 5 heteroatoms. The smallest absolute Gasteiger partial charge is 0.0916 e. The highest BCUT2D eigenvalue weighted by atomic mass is 15.3. The van der Waals surface area contributed by atoms with Gasteiger partial charge in [-0.25, -0.2) is 0 Å². The quantitative estimate of drug-likeness (QED) is 0.753. The minimum absolute atomic E-state index is 0.585. The summed E-state index contributed by atoms with van der Waals surface area (Å²) in [5.41, 5.74) is 7.21. The van der Waals surface area contributed by atoms with E-state index in [4.69, 9.17) is 5.73 Å². The summed E-state index contributed by atoms with van der Waals surface area (Å²) in [5, 5.41) is 4.15. The van der Waals surface area contributed by atoms with Crippen molar-refractivity contribution in [3.63, 3.8) is 0 Å². The van der Waals surface area contributed by atoms with Crippen LogP contribution in [0.25, 0.3) is 11.3 Å². The summed E-state index contributed by atoms with van der Waals surface area (Å²) in [7, 11) is 0. The van der Waals surface area contributed by atoms with E-state index in [9.17, 15) is 0 Å². The van der Waals surface area contributed by atoms with Crippen molar-refractivity contribution < 1.29 is 0 Å². The van der Waals surface area contributed by atoms with Crippen molar-refractivity contribution in [2.24, 2.45) is 5.73 Å². The molecule has 0 aliphatic carbocycles. The Kier molecular flexibility index (Phi) is 2.51. The SMILES string of the molecule is NCCn1cc(-c2cnccn2)cn1. The summed E-state index contributed by atoms with van der Waals surface area (Å²) in [4.78, 5) is 8.17. The van der Waals surface area contributed by atoms with Crippen LogP contribution in [0.5, 0.6) is 0 Å². The van der Waals surface area contributed by atoms with Gasteiger partial charge >= 0.3 is 0 Å². The third-order valence-corrected chi connectivity index (χ3v) is 1.85. The maximum atomic E-state index is 5.42. The van der Waals surface area contributed by atoms with E-state index in [1.807, 2.05) is 6.20 Å². The van der Waals surface area contributed by atoms with E-state index in [0.717, 1.165) is 17.8 Å². The van der Waals surface area contributed by atoms with Gasteiger partial charge in [-0.15, -0.1) is 0 Å². The van der Waals surface area contributed by atoms with E-state index in [2.05, 4.69) is 15.1 Å². The van der Waals surface area contributed by atoms with Crippen LogP contribution in [0.1, 0.15) is 0 Å². The monoisotopic (exact) mass is 189 g/mol. The summed E-state index contributed by atoms with van der Waals surface area (Å²) < 4.78 is 1.80. The lowest BCUT2D eigenvalue weighted by atomic mass is 10.3. The van der Waals surface area contributed by atoms with Gasteiger partial charge in [-0.05, 0) is 0 Å². The minimum Gasteiger partial charge on any atom is -0.329 e. The summed E-state index contributed by atoms with van der Waals surface area (Å²) in [6.07, 6.45) is 8.70. The summed E-state index contributed by atoms with van der Waals surface area (Å²) in [6, 6.07) is 0. The Hall–Kier alpha value is -1.75. The first-order valence-corrected chi connectivity index (χ1v) is 4.39. The Morgan fingerprint density at radius 1 is 1.29 bits per heavy atom. The van der Waals surface area contributed by atoms with Gasteiger partial charge in [0, 0.05) is 30.7 Å². The van der Waals surface area contributed by atoms with Gasteiger partial charge in [0.1, 0.15) is 0 Å². The van der Waals surface area contributed by atoms with Gasteiger partial charge in [-0.3, -0.25) is 14.6 Å². The Bertz CT molecular complexity index is 395. The maximum absolute atomic E-state index is 5.42. The fourth-order valence-corrected chi connectivity index (χ4v) is 1.20. The molecule has 2 aromatic heterocycles. The van der Waals surface area contributed by atoms with Crippen LogP contribution in [0.3, 0.4) is 0 Å². The fraction of sp³-hybridized carbons (Fsp3) is 0.222. The first-order chi connectivity index (χ1) is 6.90. The molecule has 0 radical (unpaired) electrons. The zero-order chi connectivity index (χ0) is 9.80. The lowest BCUT2D eigenvalue weighted by molar-refractivity contribution is 0.625. The predicted octanol–water partition coefficient (Wildman–Crippen LogP) is 0.299. The molecule has 2 rings (SSSR count). The van der Waals surface area contributed by atoms with E-state index in [0.29, 0.717) is 6.54 Å². The molecule has 5 nitrogen and oxygen atoms in total. The zero-order valence-electron chi connectivity index (χ0n) is 7.67. The van der Waals surface area contributed by atoms with Crippen LogP contribution < -0.4 is 5.73 Å². The summed E-state index contributed by atoms with van der Waals surface area (Å²) in [5.74, 6) is 0. The highest BCUT2D eigenvalue weighted by Crippen LogP contribution is 2.13. The summed E-state index contributed by atoms with van der Waals surface area (Å²) >= 11 is 0. The van der Waals surface area contributed by atoms with E-state index in [-0.39, 0.29) is 0 Å². The molecule has 0 atom stereocenters. The molecule has 0 saturated heterocycles. The third kappa shape index (κ3) is 1.77. The molecule has 0 aromatic carbocycles. The average Bonchev–Trinajstić information content (AvgIpc) is 2.68. The molecular weight excluding hydrogens is 178 g/mol. The van der Waals surface area contributed by atoms with Crippen molar-refractivity contribution in [2.75, 3.05) is 6.54 Å². The van der Waals surface area contributed by atoms with Crippen LogP contribution in [0.2, 0.25) is 0 Å². The van der Waals surface area contributed by atoms with Crippen molar-refractivity contribution in [2.45, 2.75) is 6.54 Å². The van der Waals surface area contributed by atoms with Crippen molar-refractivity contribution in [1.82, 2.24) is 19.7 Å². The van der Waals surface area contributed by atoms with Gasteiger partial charge in [0.25, 0.3) is 0 Å². The van der Waals surface area contributed by atoms with Gasteiger partial charge < -0.3 is 5.73 Å². The van der Waals surface area contributed by atoms with E-state index < -0.39 is 0 Å². The molecule has 0 saturated carbocycles. The van der Waals surface area contributed by atoms with Crippen LogP contribution in [-0.4, -0.2) is 26.3 Å². The Balaban J connectivity index is 2.25. The second-order valence-electron chi connectivity index (χ2n) is 2.87. The molecule has 0 aliphatic heterocycles. The lowest BCUT2D eigenvalue weighted by Crippen LogP contribution is -2.09. The van der Waals surface area contributed by atoms with Crippen molar-refractivity contribution in [1.29, 1.82) is 0 Å². The van der Waals surface area contributed by atoms with E-state index >= 15 is 0 Å². The molecule has 2 aromatic rings. The molecule has 0 aliphatic rings. The lowest BCUT2D eigenvalue weighted by Gasteiger charge is -1.95. The molecule has 2 heterocycles. The molecule has 0 spiro atoms. The molecule has 72 valence electrons. The number of rotatable bonds is 3. The van der Waals surface area contributed by atoms with Gasteiger partial charge in [0.15, 0.2) is 0 Å². The second-order valence-corrected chi connectivity index (χ2v) is 2.87. The number of hydrogen-bond acceptors (Lipinski definition) is 4. The van der Waals surface area contributed by atoms with Gasteiger partial charge in [-0.1, -0.05) is 0 Å². The average molecular weight is 189 g/mol.